The van der Waals surface area contributed by atoms with Gasteiger partial charge < -0.3 is 24.8 Å². The molecule has 2 aliphatic rings. The molecule has 2 fully saturated rings. The molecule has 0 radical (unpaired) electrons. The van der Waals surface area contributed by atoms with E-state index in [1.807, 2.05) is 6.07 Å². The molecule has 0 atom stereocenters. The van der Waals surface area contributed by atoms with Crippen LogP contribution < -0.4 is 15.1 Å². The molecule has 2 amide bonds. The molecule has 1 N–H and O–H groups in total. The van der Waals surface area contributed by atoms with Crippen LogP contribution in [0.3, 0.4) is 0 Å². The van der Waals surface area contributed by atoms with E-state index in [0.717, 1.165) is 42.8 Å². The molecule has 0 aliphatic carbocycles. The van der Waals surface area contributed by atoms with Gasteiger partial charge in [-0.3, -0.25) is 0 Å². The van der Waals surface area contributed by atoms with Gasteiger partial charge in [-0.1, -0.05) is 0 Å². The van der Waals surface area contributed by atoms with Crippen molar-refractivity contribution in [3.63, 3.8) is 0 Å². The van der Waals surface area contributed by atoms with Crippen molar-refractivity contribution in [2.24, 2.45) is 0 Å². The quantitative estimate of drug-likeness (QED) is 0.843. The third-order valence-electron chi connectivity index (χ3n) is 5.01. The maximum absolute atomic E-state index is 13.3. The van der Waals surface area contributed by atoms with Crippen molar-refractivity contribution in [1.29, 1.82) is 0 Å². The van der Waals surface area contributed by atoms with Crippen molar-refractivity contribution in [1.82, 2.24) is 15.1 Å². The number of carbonyl (C=O) groups excluding carboxylic acids is 1. The molecular formula is C19H22F2N6O2. The number of urea groups is 1. The first-order valence-corrected chi connectivity index (χ1v) is 9.51. The molecular weight excluding hydrogens is 382 g/mol. The van der Waals surface area contributed by atoms with Gasteiger partial charge in [0, 0.05) is 57.1 Å². The Balaban J connectivity index is 1.35. The molecule has 2 aliphatic heterocycles. The van der Waals surface area contributed by atoms with Crippen molar-refractivity contribution >= 4 is 23.2 Å². The largest absolute Gasteiger partial charge is 0.378 e. The highest BCUT2D eigenvalue weighted by molar-refractivity contribution is 5.89. The van der Waals surface area contributed by atoms with Crippen LogP contribution in [0.2, 0.25) is 0 Å². The topological polar surface area (TPSA) is 73.8 Å². The van der Waals surface area contributed by atoms with Crippen molar-refractivity contribution in [3.8, 4) is 0 Å². The number of morpholine rings is 1. The summed E-state index contributed by atoms with van der Waals surface area (Å²) in [4.78, 5) is 18.3. The average Bonchev–Trinajstić information content (AvgIpc) is 2.74. The zero-order valence-corrected chi connectivity index (χ0v) is 15.9. The predicted octanol–water partition coefficient (Wildman–Crippen LogP) is 1.95. The average molecular weight is 404 g/mol. The minimum Gasteiger partial charge on any atom is -0.378 e. The molecule has 3 heterocycles. The Bertz CT molecular complexity index is 849. The number of benzene rings is 1. The molecule has 2 aromatic rings. The lowest BCUT2D eigenvalue weighted by molar-refractivity contribution is 0.122. The van der Waals surface area contributed by atoms with E-state index in [2.05, 4.69) is 25.3 Å². The van der Waals surface area contributed by atoms with E-state index >= 15 is 0 Å². The molecule has 1 aromatic heterocycles. The standard InChI is InChI=1S/C19H22F2N6O2/c20-14-9-15(21)11-16(10-14)23-19(28)27-3-1-25(2-4-27)17-12-18(24-22-13-17)26-5-7-29-8-6-26/h9-13H,1-8H2,(H,23,28). The number of carbonyl (C=O) groups is 1. The van der Waals surface area contributed by atoms with Gasteiger partial charge in [0.15, 0.2) is 5.82 Å². The van der Waals surface area contributed by atoms with Crippen LogP contribution in [0, 0.1) is 11.6 Å². The number of hydrogen-bond acceptors (Lipinski definition) is 6. The molecule has 0 bridgehead atoms. The Hall–Kier alpha value is -3.01. The third-order valence-corrected chi connectivity index (χ3v) is 5.01. The third kappa shape index (κ3) is 4.70. The number of anilines is 3. The summed E-state index contributed by atoms with van der Waals surface area (Å²) < 4.78 is 32.0. The number of halogens is 2. The van der Waals surface area contributed by atoms with Crippen LogP contribution in [0.4, 0.5) is 30.8 Å². The summed E-state index contributed by atoms with van der Waals surface area (Å²) in [5.41, 5.74) is 1.05. The van der Waals surface area contributed by atoms with Gasteiger partial charge in [-0.2, -0.15) is 5.10 Å². The predicted molar refractivity (Wildman–Crippen MR) is 104 cm³/mol. The fraction of sp³-hybridized carbons (Fsp3) is 0.421. The second-order valence-corrected chi connectivity index (χ2v) is 6.93. The highest BCUT2D eigenvalue weighted by Crippen LogP contribution is 2.21. The minimum absolute atomic E-state index is 0.100. The number of piperazine rings is 1. The Morgan fingerprint density at radius 3 is 2.31 bits per heavy atom. The van der Waals surface area contributed by atoms with Gasteiger partial charge in [-0.05, 0) is 12.1 Å². The molecule has 2 saturated heterocycles. The van der Waals surface area contributed by atoms with E-state index in [9.17, 15) is 13.6 Å². The first-order valence-electron chi connectivity index (χ1n) is 9.51. The lowest BCUT2D eigenvalue weighted by Crippen LogP contribution is -2.50. The van der Waals surface area contributed by atoms with Crippen LogP contribution >= 0.6 is 0 Å². The summed E-state index contributed by atoms with van der Waals surface area (Å²) in [7, 11) is 0. The van der Waals surface area contributed by atoms with E-state index in [1.165, 1.54) is 0 Å². The summed E-state index contributed by atoms with van der Waals surface area (Å²) in [6, 6.07) is 4.57. The normalized spacial score (nSPS) is 17.4. The summed E-state index contributed by atoms with van der Waals surface area (Å²) in [6.07, 6.45) is 1.72. The van der Waals surface area contributed by atoms with Crippen LogP contribution in [-0.2, 0) is 4.74 Å². The van der Waals surface area contributed by atoms with E-state index in [4.69, 9.17) is 4.74 Å². The number of hydrogen-bond donors (Lipinski definition) is 1. The Kier molecular flexibility index (Phi) is 5.70. The lowest BCUT2D eigenvalue weighted by Gasteiger charge is -2.36. The first-order chi connectivity index (χ1) is 14.1. The molecule has 154 valence electrons. The summed E-state index contributed by atoms with van der Waals surface area (Å²) in [6.45, 7) is 5.14. The highest BCUT2D eigenvalue weighted by Gasteiger charge is 2.23. The first kappa shape index (κ1) is 19.3. The van der Waals surface area contributed by atoms with Crippen molar-refractivity contribution in [3.05, 3.63) is 42.1 Å². The monoisotopic (exact) mass is 404 g/mol. The smallest absolute Gasteiger partial charge is 0.321 e. The van der Waals surface area contributed by atoms with Crippen LogP contribution in [0.5, 0.6) is 0 Å². The van der Waals surface area contributed by atoms with E-state index in [0.29, 0.717) is 39.4 Å². The number of rotatable bonds is 3. The van der Waals surface area contributed by atoms with Crippen LogP contribution in [-0.4, -0.2) is 73.6 Å². The molecule has 0 spiro atoms. The van der Waals surface area contributed by atoms with Gasteiger partial charge >= 0.3 is 6.03 Å². The van der Waals surface area contributed by atoms with Crippen LogP contribution in [0.15, 0.2) is 30.5 Å². The van der Waals surface area contributed by atoms with Crippen molar-refractivity contribution in [2.75, 3.05) is 67.6 Å². The van der Waals surface area contributed by atoms with Crippen molar-refractivity contribution < 1.29 is 18.3 Å². The van der Waals surface area contributed by atoms with Gasteiger partial charge in [0.1, 0.15) is 11.6 Å². The molecule has 1 aromatic carbocycles. The van der Waals surface area contributed by atoms with Crippen molar-refractivity contribution in [2.45, 2.75) is 0 Å². The Morgan fingerprint density at radius 1 is 0.931 bits per heavy atom. The van der Waals surface area contributed by atoms with Gasteiger partial charge in [0.25, 0.3) is 0 Å². The summed E-state index contributed by atoms with van der Waals surface area (Å²) in [5, 5.41) is 10.9. The number of nitrogens with one attached hydrogen (secondary N) is 1. The summed E-state index contributed by atoms with van der Waals surface area (Å²) in [5.74, 6) is -0.642. The zero-order chi connectivity index (χ0) is 20.2. The fourth-order valence-corrected chi connectivity index (χ4v) is 3.46. The van der Waals surface area contributed by atoms with Gasteiger partial charge in [-0.15, -0.1) is 5.10 Å². The molecule has 8 nitrogen and oxygen atoms in total. The number of amides is 2. The van der Waals surface area contributed by atoms with Crippen LogP contribution in [0.25, 0.3) is 0 Å². The molecule has 29 heavy (non-hydrogen) atoms. The van der Waals surface area contributed by atoms with Gasteiger partial charge in [-0.25, -0.2) is 13.6 Å². The molecule has 4 rings (SSSR count). The van der Waals surface area contributed by atoms with E-state index in [1.54, 1.807) is 11.1 Å². The number of nitrogens with zero attached hydrogens (tertiary/aromatic N) is 5. The molecule has 0 unspecified atom stereocenters. The van der Waals surface area contributed by atoms with Gasteiger partial charge in [0.05, 0.1) is 25.1 Å². The maximum Gasteiger partial charge on any atom is 0.321 e. The number of aromatic nitrogens is 2. The molecule has 10 heteroatoms. The zero-order valence-electron chi connectivity index (χ0n) is 15.9. The Morgan fingerprint density at radius 2 is 1.62 bits per heavy atom. The maximum atomic E-state index is 13.3. The Labute approximate surface area is 167 Å². The fourth-order valence-electron chi connectivity index (χ4n) is 3.46. The van der Waals surface area contributed by atoms with Crippen LogP contribution in [0.1, 0.15) is 0 Å². The van der Waals surface area contributed by atoms with Gasteiger partial charge in [0.2, 0.25) is 0 Å². The lowest BCUT2D eigenvalue weighted by atomic mass is 10.2. The minimum atomic E-state index is -0.730. The molecule has 0 saturated carbocycles. The second-order valence-electron chi connectivity index (χ2n) is 6.93. The van der Waals surface area contributed by atoms with E-state index in [-0.39, 0.29) is 11.7 Å². The highest BCUT2D eigenvalue weighted by atomic mass is 19.1. The van der Waals surface area contributed by atoms with E-state index < -0.39 is 11.6 Å². The number of ether oxygens (including phenoxy) is 1. The summed E-state index contributed by atoms with van der Waals surface area (Å²) >= 11 is 0. The SMILES string of the molecule is O=C(Nc1cc(F)cc(F)c1)N1CCN(c2cnnc(N3CCOCC3)c2)CC1. The second kappa shape index (κ2) is 8.56.